The molecule has 0 aliphatic carbocycles. The van der Waals surface area contributed by atoms with Crippen LogP contribution < -0.4 is 9.47 Å². The average molecular weight is 342 g/mol. The van der Waals surface area contributed by atoms with Crippen molar-refractivity contribution in [3.8, 4) is 22.8 Å². The van der Waals surface area contributed by atoms with Crippen molar-refractivity contribution in [2.24, 2.45) is 0 Å². The van der Waals surface area contributed by atoms with Crippen molar-refractivity contribution in [1.82, 2.24) is 4.98 Å². The van der Waals surface area contributed by atoms with Crippen LogP contribution in [-0.2, 0) is 0 Å². The van der Waals surface area contributed by atoms with Crippen molar-refractivity contribution in [3.05, 3.63) is 52.5 Å². The predicted octanol–water partition coefficient (Wildman–Crippen LogP) is 4.29. The molecule has 0 radical (unpaired) electrons. The van der Waals surface area contributed by atoms with Crippen LogP contribution in [0.2, 0.25) is 5.02 Å². The van der Waals surface area contributed by atoms with E-state index >= 15 is 0 Å². The second-order valence-corrected chi connectivity index (χ2v) is 5.93. The fraction of sp³-hybridized carbons (Fsp3) is 0.111. The molecule has 0 atom stereocenters. The van der Waals surface area contributed by atoms with Gasteiger partial charge in [0.05, 0.1) is 16.8 Å². The Kier molecular flexibility index (Phi) is 3.32. The fourth-order valence-corrected chi connectivity index (χ4v) is 3.02. The van der Waals surface area contributed by atoms with E-state index in [-0.39, 0.29) is 12.4 Å². The topological polar surface area (TPSA) is 68.7 Å². The molecule has 4 rings (SSSR count). The van der Waals surface area contributed by atoms with Crippen molar-refractivity contribution < 1.29 is 19.4 Å². The molecule has 3 aromatic rings. The Hall–Kier alpha value is -2.79. The minimum Gasteiger partial charge on any atom is -0.478 e. The molecule has 0 saturated heterocycles. The lowest BCUT2D eigenvalue weighted by Gasteiger charge is -2.12. The third-order valence-electron chi connectivity index (χ3n) is 4.07. The maximum Gasteiger partial charge on any atom is 0.338 e. The van der Waals surface area contributed by atoms with Gasteiger partial charge < -0.3 is 14.6 Å². The Balaban J connectivity index is 2.05. The maximum absolute atomic E-state index is 11.8. The molecule has 0 spiro atoms. The Morgan fingerprint density at radius 2 is 1.83 bits per heavy atom. The van der Waals surface area contributed by atoms with Gasteiger partial charge in [-0.15, -0.1) is 0 Å². The SMILES string of the molecule is Cc1c(C(=O)O)c(-c2ccc(Cl)cc2)nc2cc3c(cc12)OCO3. The first-order valence-electron chi connectivity index (χ1n) is 7.28. The first kappa shape index (κ1) is 14.8. The highest BCUT2D eigenvalue weighted by Crippen LogP contribution is 2.39. The van der Waals surface area contributed by atoms with Crippen molar-refractivity contribution in [3.63, 3.8) is 0 Å². The van der Waals surface area contributed by atoms with E-state index in [1.165, 1.54) is 0 Å². The minimum absolute atomic E-state index is 0.153. The summed E-state index contributed by atoms with van der Waals surface area (Å²) in [7, 11) is 0. The molecular formula is C18H12ClNO4. The van der Waals surface area contributed by atoms with Crippen LogP contribution in [-0.4, -0.2) is 22.9 Å². The molecule has 1 aliphatic heterocycles. The zero-order valence-corrected chi connectivity index (χ0v) is 13.4. The molecule has 0 fully saturated rings. The number of rotatable bonds is 2. The standard InChI is InChI=1S/C18H12ClNO4/c1-9-12-6-14-15(24-8-23-14)7-13(12)20-17(16(9)18(21)22)10-2-4-11(19)5-3-10/h2-7H,8H2,1H3,(H,21,22). The van der Waals surface area contributed by atoms with Crippen LogP contribution in [0.5, 0.6) is 11.5 Å². The third-order valence-corrected chi connectivity index (χ3v) is 4.32. The number of ether oxygens (including phenoxy) is 2. The lowest BCUT2D eigenvalue weighted by molar-refractivity contribution is 0.0697. The fourth-order valence-electron chi connectivity index (χ4n) is 2.89. The zero-order valence-electron chi connectivity index (χ0n) is 12.7. The lowest BCUT2D eigenvalue weighted by atomic mass is 9.97. The molecular weight excluding hydrogens is 330 g/mol. The zero-order chi connectivity index (χ0) is 16.8. The monoisotopic (exact) mass is 341 g/mol. The average Bonchev–Trinajstić information content (AvgIpc) is 3.00. The van der Waals surface area contributed by atoms with Gasteiger partial charge in [-0.05, 0) is 30.7 Å². The van der Waals surface area contributed by atoms with E-state index < -0.39 is 5.97 Å². The van der Waals surface area contributed by atoms with E-state index in [4.69, 9.17) is 21.1 Å². The smallest absolute Gasteiger partial charge is 0.338 e. The second kappa shape index (κ2) is 5.39. The molecule has 6 heteroatoms. The van der Waals surface area contributed by atoms with Gasteiger partial charge in [0.1, 0.15) is 0 Å². The number of carbonyl (C=O) groups is 1. The summed E-state index contributed by atoms with van der Waals surface area (Å²) in [6.07, 6.45) is 0. The van der Waals surface area contributed by atoms with E-state index in [2.05, 4.69) is 4.98 Å². The molecule has 24 heavy (non-hydrogen) atoms. The Labute approximate surface area is 142 Å². The molecule has 5 nitrogen and oxygen atoms in total. The number of aromatic nitrogens is 1. The number of nitrogens with zero attached hydrogens (tertiary/aromatic N) is 1. The Morgan fingerprint density at radius 3 is 2.50 bits per heavy atom. The first-order valence-corrected chi connectivity index (χ1v) is 7.65. The molecule has 1 aromatic heterocycles. The highest BCUT2D eigenvalue weighted by atomic mass is 35.5. The van der Waals surface area contributed by atoms with Crippen molar-refractivity contribution >= 4 is 28.5 Å². The number of aromatic carboxylic acids is 1. The number of halogens is 1. The molecule has 0 amide bonds. The van der Waals surface area contributed by atoms with E-state index in [0.717, 1.165) is 5.39 Å². The molecule has 1 N–H and O–H groups in total. The normalized spacial score (nSPS) is 12.6. The van der Waals surface area contributed by atoms with E-state index in [1.807, 2.05) is 0 Å². The van der Waals surface area contributed by atoms with Crippen molar-refractivity contribution in [2.75, 3.05) is 6.79 Å². The van der Waals surface area contributed by atoms with Gasteiger partial charge in [-0.2, -0.15) is 0 Å². The van der Waals surface area contributed by atoms with Gasteiger partial charge in [-0.3, -0.25) is 0 Å². The quantitative estimate of drug-likeness (QED) is 0.753. The summed E-state index contributed by atoms with van der Waals surface area (Å²) in [5.74, 6) is 0.187. The number of pyridine rings is 1. The summed E-state index contributed by atoms with van der Waals surface area (Å²) in [4.78, 5) is 16.4. The van der Waals surface area contributed by atoms with Gasteiger partial charge in [0.25, 0.3) is 0 Å². The van der Waals surface area contributed by atoms with Crippen LogP contribution in [0.1, 0.15) is 15.9 Å². The van der Waals surface area contributed by atoms with Gasteiger partial charge in [0.2, 0.25) is 6.79 Å². The van der Waals surface area contributed by atoms with Crippen LogP contribution in [0.4, 0.5) is 0 Å². The highest BCUT2D eigenvalue weighted by Gasteiger charge is 2.22. The van der Waals surface area contributed by atoms with E-state index in [1.54, 1.807) is 43.3 Å². The van der Waals surface area contributed by atoms with Crippen LogP contribution in [0.3, 0.4) is 0 Å². The van der Waals surface area contributed by atoms with E-state index in [0.29, 0.717) is 38.9 Å². The van der Waals surface area contributed by atoms with E-state index in [9.17, 15) is 9.90 Å². The van der Waals surface area contributed by atoms with Gasteiger partial charge in [-0.1, -0.05) is 23.7 Å². The van der Waals surface area contributed by atoms with Crippen LogP contribution in [0, 0.1) is 6.92 Å². The Bertz CT molecular complexity index is 983. The van der Waals surface area contributed by atoms with Crippen molar-refractivity contribution in [2.45, 2.75) is 6.92 Å². The van der Waals surface area contributed by atoms with Gasteiger partial charge in [0, 0.05) is 22.0 Å². The first-order chi connectivity index (χ1) is 11.5. The molecule has 120 valence electrons. The van der Waals surface area contributed by atoms with Gasteiger partial charge in [0.15, 0.2) is 11.5 Å². The summed E-state index contributed by atoms with van der Waals surface area (Å²) in [6, 6.07) is 10.5. The number of aryl methyl sites for hydroxylation is 1. The van der Waals surface area contributed by atoms with Crippen LogP contribution in [0.25, 0.3) is 22.2 Å². The van der Waals surface area contributed by atoms with Gasteiger partial charge >= 0.3 is 5.97 Å². The summed E-state index contributed by atoms with van der Waals surface area (Å²) in [5, 5.41) is 11.0. The summed E-state index contributed by atoms with van der Waals surface area (Å²) >= 11 is 5.92. The maximum atomic E-state index is 11.8. The number of carboxylic acid groups (broad SMARTS) is 1. The summed E-state index contributed by atoms with van der Waals surface area (Å²) in [6.45, 7) is 1.93. The summed E-state index contributed by atoms with van der Waals surface area (Å²) < 4.78 is 10.8. The molecule has 2 aromatic carbocycles. The lowest BCUT2D eigenvalue weighted by Crippen LogP contribution is -2.06. The molecule has 0 unspecified atom stereocenters. The predicted molar refractivity (Wildman–Crippen MR) is 90.0 cm³/mol. The number of hydrogen-bond acceptors (Lipinski definition) is 4. The largest absolute Gasteiger partial charge is 0.478 e. The number of hydrogen-bond donors (Lipinski definition) is 1. The Morgan fingerprint density at radius 1 is 1.17 bits per heavy atom. The summed E-state index contributed by atoms with van der Waals surface area (Å²) in [5.41, 5.74) is 2.56. The van der Waals surface area contributed by atoms with Crippen molar-refractivity contribution in [1.29, 1.82) is 0 Å². The van der Waals surface area contributed by atoms with Crippen LogP contribution >= 0.6 is 11.6 Å². The molecule has 1 aliphatic rings. The van der Waals surface area contributed by atoms with Gasteiger partial charge in [-0.25, -0.2) is 9.78 Å². The molecule has 2 heterocycles. The molecule has 0 bridgehead atoms. The third kappa shape index (κ3) is 2.25. The number of carboxylic acids is 1. The highest BCUT2D eigenvalue weighted by molar-refractivity contribution is 6.30. The minimum atomic E-state index is -1.02. The molecule has 0 saturated carbocycles. The second-order valence-electron chi connectivity index (χ2n) is 5.50. The number of benzene rings is 2. The number of fused-ring (bicyclic) bond motifs is 2. The van der Waals surface area contributed by atoms with Crippen LogP contribution in [0.15, 0.2) is 36.4 Å².